The highest BCUT2D eigenvalue weighted by atomic mass is 28.5. The van der Waals surface area contributed by atoms with Gasteiger partial charge >= 0.3 is 0 Å². The van der Waals surface area contributed by atoms with Crippen LogP contribution in [0, 0.1) is 0 Å². The van der Waals surface area contributed by atoms with Gasteiger partial charge in [-0.1, -0.05) is 20.8 Å². The average molecular weight is 262 g/mol. The van der Waals surface area contributed by atoms with Crippen molar-refractivity contribution >= 4 is 26.6 Å². The van der Waals surface area contributed by atoms with Crippen LogP contribution in [0.15, 0.2) is 0 Å². The summed E-state index contributed by atoms with van der Waals surface area (Å²) in [5.74, 6) is 0. The highest BCUT2D eigenvalue weighted by Crippen LogP contribution is 2.29. The van der Waals surface area contributed by atoms with Crippen molar-refractivity contribution in [1.29, 1.82) is 0 Å². The first-order valence-corrected chi connectivity index (χ1v) is 12.8. The molecule has 1 heterocycles. The maximum Gasteiger partial charge on any atom is 0.194 e. The number of rotatable bonds is 3. The van der Waals surface area contributed by atoms with Crippen molar-refractivity contribution in [1.82, 2.24) is 13.1 Å². The summed E-state index contributed by atoms with van der Waals surface area (Å²) in [6.45, 7) is 13.3. The van der Waals surface area contributed by atoms with Crippen LogP contribution in [-0.2, 0) is 0 Å². The molecule has 0 atom stereocenters. The van der Waals surface area contributed by atoms with Gasteiger partial charge in [0.05, 0.1) is 0 Å². The molecule has 3 nitrogen and oxygen atoms in total. The third kappa shape index (κ3) is 2.16. The molecule has 0 aliphatic carbocycles. The van der Waals surface area contributed by atoms with Crippen LogP contribution >= 0.6 is 0 Å². The monoisotopic (exact) mass is 261 g/mol. The SMILES string of the molecule is CCN1[SiH2]N[Si](C)(C)N(C)[Si]1(CC)CC. The molecule has 0 bridgehead atoms. The van der Waals surface area contributed by atoms with Crippen LogP contribution < -0.4 is 4.65 Å². The largest absolute Gasteiger partial charge is 0.341 e. The lowest BCUT2D eigenvalue weighted by atomic mass is 10.8. The minimum atomic E-state index is -1.27. The van der Waals surface area contributed by atoms with E-state index in [1.54, 1.807) is 0 Å². The second-order valence-electron chi connectivity index (χ2n) is 5.00. The van der Waals surface area contributed by atoms with E-state index >= 15 is 0 Å². The van der Waals surface area contributed by atoms with Gasteiger partial charge in [0.15, 0.2) is 26.6 Å². The van der Waals surface area contributed by atoms with Gasteiger partial charge in [0.25, 0.3) is 0 Å². The topological polar surface area (TPSA) is 18.5 Å². The molecule has 0 radical (unpaired) electrons. The summed E-state index contributed by atoms with van der Waals surface area (Å²) in [5.41, 5.74) is 0. The summed E-state index contributed by atoms with van der Waals surface area (Å²) in [5, 5.41) is 0. The minimum absolute atomic E-state index is 0.175. The van der Waals surface area contributed by atoms with Gasteiger partial charge in [0.1, 0.15) is 0 Å². The lowest BCUT2D eigenvalue weighted by Gasteiger charge is -2.57. The van der Waals surface area contributed by atoms with Gasteiger partial charge in [-0.2, -0.15) is 0 Å². The summed E-state index contributed by atoms with van der Waals surface area (Å²) in [4.78, 5) is 0. The standard InChI is InChI=1S/C9H27N3Si3/c1-7-12-13-10-14(5,6)11(4)15(12,8-2)9-3/h10H,7-9,13H2,1-6H3. The molecule has 1 rings (SSSR count). The number of hydrogen-bond donors (Lipinski definition) is 1. The fourth-order valence-corrected chi connectivity index (χ4v) is 20.2. The third-order valence-electron chi connectivity index (χ3n) is 4.27. The molecule has 0 unspecified atom stereocenters. The van der Waals surface area contributed by atoms with Gasteiger partial charge in [0, 0.05) is 0 Å². The smallest absolute Gasteiger partial charge is 0.194 e. The van der Waals surface area contributed by atoms with Gasteiger partial charge in [-0.05, 0) is 38.8 Å². The zero-order valence-corrected chi connectivity index (χ0v) is 14.6. The predicted molar refractivity (Wildman–Crippen MR) is 76.0 cm³/mol. The molecule has 1 saturated heterocycles. The van der Waals surface area contributed by atoms with Crippen molar-refractivity contribution in [3.63, 3.8) is 0 Å². The molecule has 15 heavy (non-hydrogen) atoms. The van der Waals surface area contributed by atoms with Crippen LogP contribution in [0.3, 0.4) is 0 Å². The lowest BCUT2D eigenvalue weighted by molar-refractivity contribution is 0.535. The van der Waals surface area contributed by atoms with Crippen LogP contribution in [0.1, 0.15) is 20.8 Å². The van der Waals surface area contributed by atoms with E-state index in [-0.39, 0.29) is 9.84 Å². The Morgan fingerprint density at radius 3 is 2.07 bits per heavy atom. The van der Waals surface area contributed by atoms with Crippen LogP contribution in [0.25, 0.3) is 0 Å². The Morgan fingerprint density at radius 1 is 1.13 bits per heavy atom. The molecule has 0 aromatic heterocycles. The molecular weight excluding hydrogens is 234 g/mol. The molecule has 0 saturated carbocycles. The van der Waals surface area contributed by atoms with E-state index in [4.69, 9.17) is 0 Å². The molecule has 0 aromatic rings. The van der Waals surface area contributed by atoms with E-state index < -0.39 is 16.8 Å². The highest BCUT2D eigenvalue weighted by Gasteiger charge is 2.50. The van der Waals surface area contributed by atoms with Crippen molar-refractivity contribution in [2.24, 2.45) is 0 Å². The molecule has 6 heteroatoms. The first kappa shape index (κ1) is 13.6. The van der Waals surface area contributed by atoms with Gasteiger partial charge in [-0.25, -0.2) is 0 Å². The molecule has 1 aliphatic rings. The van der Waals surface area contributed by atoms with Crippen LogP contribution in [-0.4, -0.2) is 48.7 Å². The van der Waals surface area contributed by atoms with E-state index in [0.717, 1.165) is 0 Å². The number of hydrogen-bond acceptors (Lipinski definition) is 3. The van der Waals surface area contributed by atoms with Gasteiger partial charge < -0.3 is 13.1 Å². The summed E-state index contributed by atoms with van der Waals surface area (Å²) < 4.78 is 9.55. The molecular formula is C9H27N3Si3. The molecule has 1 N–H and O–H groups in total. The van der Waals surface area contributed by atoms with E-state index in [1.165, 1.54) is 18.6 Å². The Hall–Kier alpha value is 0.531. The van der Waals surface area contributed by atoms with E-state index in [9.17, 15) is 0 Å². The molecule has 0 spiro atoms. The van der Waals surface area contributed by atoms with E-state index in [1.807, 2.05) is 0 Å². The average Bonchev–Trinajstić information content (AvgIpc) is 2.22. The predicted octanol–water partition coefficient (Wildman–Crippen LogP) is 1.03. The summed E-state index contributed by atoms with van der Waals surface area (Å²) in [7, 11) is -0.326. The zero-order valence-electron chi connectivity index (χ0n) is 11.2. The fourth-order valence-electron chi connectivity index (χ4n) is 2.86. The van der Waals surface area contributed by atoms with Crippen molar-refractivity contribution < 1.29 is 0 Å². The Bertz CT molecular complexity index is 219. The first-order chi connectivity index (χ1) is 6.94. The second-order valence-corrected chi connectivity index (χ2v) is 17.0. The van der Waals surface area contributed by atoms with Crippen LogP contribution in [0.4, 0.5) is 0 Å². The second kappa shape index (κ2) is 4.80. The number of nitrogens with one attached hydrogen (secondary N) is 1. The highest BCUT2D eigenvalue weighted by molar-refractivity contribution is 6.97. The summed E-state index contributed by atoms with van der Waals surface area (Å²) >= 11 is 0. The molecule has 1 fully saturated rings. The molecule has 90 valence electrons. The van der Waals surface area contributed by atoms with Crippen molar-refractivity contribution in [3.8, 4) is 0 Å². The first-order valence-electron chi connectivity index (χ1n) is 6.18. The molecule has 1 aliphatic heterocycles. The van der Waals surface area contributed by atoms with Crippen LogP contribution in [0.5, 0.6) is 0 Å². The van der Waals surface area contributed by atoms with Gasteiger partial charge in [-0.3, -0.25) is 0 Å². The van der Waals surface area contributed by atoms with E-state index in [2.05, 4.69) is 54.0 Å². The maximum atomic E-state index is 3.90. The van der Waals surface area contributed by atoms with Gasteiger partial charge in [-0.15, -0.1) is 0 Å². The summed E-state index contributed by atoms with van der Waals surface area (Å²) in [6, 6.07) is 2.78. The Labute approximate surface area is 99.5 Å². The minimum Gasteiger partial charge on any atom is -0.341 e. The Kier molecular flexibility index (Phi) is 4.35. The lowest BCUT2D eigenvalue weighted by Crippen LogP contribution is -2.82. The van der Waals surface area contributed by atoms with Gasteiger partial charge in [0.2, 0.25) is 0 Å². The normalized spacial score (nSPS) is 28.4. The summed E-state index contributed by atoms with van der Waals surface area (Å²) in [6.07, 6.45) is 0. The third-order valence-corrected chi connectivity index (χ3v) is 21.0. The maximum absolute atomic E-state index is 3.90. The molecule has 0 amide bonds. The number of nitrogens with zero attached hydrogens (tertiary/aromatic N) is 2. The quantitative estimate of drug-likeness (QED) is 0.766. The fraction of sp³-hybridized carbons (Fsp3) is 1.00. The van der Waals surface area contributed by atoms with E-state index in [0.29, 0.717) is 0 Å². The van der Waals surface area contributed by atoms with Crippen molar-refractivity contribution in [3.05, 3.63) is 0 Å². The molecule has 0 aromatic carbocycles. The van der Waals surface area contributed by atoms with Crippen molar-refractivity contribution in [2.45, 2.75) is 46.0 Å². The van der Waals surface area contributed by atoms with Crippen LogP contribution in [0.2, 0.25) is 25.2 Å². The van der Waals surface area contributed by atoms with Crippen molar-refractivity contribution in [2.75, 3.05) is 13.6 Å². The zero-order chi connectivity index (χ0) is 11.7. The Balaban J connectivity index is 3.02. The Morgan fingerprint density at radius 2 is 1.67 bits per heavy atom.